The summed E-state index contributed by atoms with van der Waals surface area (Å²) in [4.78, 5) is 29.9. The lowest BCUT2D eigenvalue weighted by atomic mass is 10.0. The van der Waals surface area contributed by atoms with Crippen LogP contribution < -0.4 is 0 Å². The van der Waals surface area contributed by atoms with E-state index >= 15 is 0 Å². The number of carbonyl (C=O) groups is 2. The van der Waals surface area contributed by atoms with E-state index in [1.165, 1.54) is 0 Å². The van der Waals surface area contributed by atoms with Gasteiger partial charge >= 0.3 is 0 Å². The minimum Gasteiger partial charge on any atom is -0.343 e. The van der Waals surface area contributed by atoms with E-state index in [0.29, 0.717) is 31.7 Å². The summed E-state index contributed by atoms with van der Waals surface area (Å²) in [7, 11) is 3.46. The number of aromatic nitrogens is 4. The van der Waals surface area contributed by atoms with E-state index in [9.17, 15) is 9.59 Å². The molecule has 37 heavy (non-hydrogen) atoms. The molecule has 1 aliphatic heterocycles. The van der Waals surface area contributed by atoms with Crippen LogP contribution in [-0.4, -0.2) is 61.8 Å². The van der Waals surface area contributed by atoms with Crippen molar-refractivity contribution in [3.8, 4) is 5.69 Å². The molecular formula is C29H32N6O2. The largest absolute Gasteiger partial charge is 0.343 e. The Morgan fingerprint density at radius 3 is 2.30 bits per heavy atom. The highest BCUT2D eigenvalue weighted by Gasteiger charge is 2.31. The minimum absolute atomic E-state index is 0.0310. The number of carbonyl (C=O) groups excluding carboxylic acids is 2. The molecule has 3 heterocycles. The van der Waals surface area contributed by atoms with Crippen LogP contribution >= 0.6 is 0 Å². The Balaban J connectivity index is 1.40. The van der Waals surface area contributed by atoms with E-state index in [-0.39, 0.29) is 18.2 Å². The molecule has 0 bridgehead atoms. The van der Waals surface area contributed by atoms with E-state index in [1.54, 1.807) is 19.0 Å². The Morgan fingerprint density at radius 2 is 1.62 bits per heavy atom. The smallest absolute Gasteiger partial charge is 0.274 e. The summed E-state index contributed by atoms with van der Waals surface area (Å²) in [6.07, 6.45) is 0.928. The van der Waals surface area contributed by atoms with Gasteiger partial charge in [-0.15, -0.1) is 0 Å². The summed E-state index contributed by atoms with van der Waals surface area (Å²) in [6.45, 7) is 5.51. The highest BCUT2D eigenvalue weighted by molar-refractivity contribution is 5.94. The highest BCUT2D eigenvalue weighted by atomic mass is 16.2. The second-order valence-corrected chi connectivity index (χ2v) is 9.76. The standard InChI is InChI=1S/C29H32N6O2/c1-20-24(21(2)35(30-20)23-13-9-6-10-14-23)17-27(36)33-16-15-26-25(19-33)28(29(37)32(3)4)31-34(26)18-22-11-7-5-8-12-22/h5-14H,15-19H2,1-4H3. The molecule has 5 rings (SSSR count). The number of fused-ring (bicyclic) bond motifs is 1. The van der Waals surface area contributed by atoms with E-state index < -0.39 is 0 Å². The van der Waals surface area contributed by atoms with Gasteiger partial charge in [0.1, 0.15) is 0 Å². The van der Waals surface area contributed by atoms with Gasteiger partial charge in [-0.1, -0.05) is 48.5 Å². The lowest BCUT2D eigenvalue weighted by Gasteiger charge is -2.28. The molecule has 0 saturated heterocycles. The molecule has 2 aromatic carbocycles. The van der Waals surface area contributed by atoms with Gasteiger partial charge in [-0.3, -0.25) is 14.3 Å². The van der Waals surface area contributed by atoms with Gasteiger partial charge in [-0.25, -0.2) is 4.68 Å². The number of aryl methyl sites for hydroxylation is 1. The zero-order chi connectivity index (χ0) is 26.1. The number of hydrogen-bond acceptors (Lipinski definition) is 4. The summed E-state index contributed by atoms with van der Waals surface area (Å²) in [5.41, 5.74) is 7.17. The van der Waals surface area contributed by atoms with Gasteiger partial charge in [0.2, 0.25) is 5.91 Å². The number of nitrogens with zero attached hydrogens (tertiary/aromatic N) is 6. The van der Waals surface area contributed by atoms with E-state index in [0.717, 1.165) is 39.5 Å². The Hall–Kier alpha value is -4.20. The van der Waals surface area contributed by atoms with E-state index in [2.05, 4.69) is 12.1 Å². The first-order valence-corrected chi connectivity index (χ1v) is 12.6. The molecule has 1 aliphatic rings. The maximum absolute atomic E-state index is 13.5. The third kappa shape index (κ3) is 4.79. The zero-order valence-corrected chi connectivity index (χ0v) is 21.8. The Morgan fingerprint density at radius 1 is 0.946 bits per heavy atom. The summed E-state index contributed by atoms with van der Waals surface area (Å²) in [6, 6.07) is 20.0. The molecule has 0 aliphatic carbocycles. The zero-order valence-electron chi connectivity index (χ0n) is 21.8. The summed E-state index contributed by atoms with van der Waals surface area (Å²) in [5.74, 6) is -0.114. The Kier molecular flexibility index (Phi) is 6.65. The maximum atomic E-state index is 13.5. The first-order chi connectivity index (χ1) is 17.8. The molecule has 0 spiro atoms. The first kappa shape index (κ1) is 24.5. The van der Waals surface area contributed by atoms with Gasteiger partial charge in [-0.2, -0.15) is 10.2 Å². The first-order valence-electron chi connectivity index (χ1n) is 12.6. The SMILES string of the molecule is Cc1nn(-c2ccccc2)c(C)c1CC(=O)N1CCc2c(c(C(=O)N(C)C)nn2Cc2ccccc2)C1. The van der Waals surface area contributed by atoms with Crippen LogP contribution in [0.1, 0.15) is 44.3 Å². The molecule has 0 fully saturated rings. The second-order valence-electron chi connectivity index (χ2n) is 9.76. The van der Waals surface area contributed by atoms with Crippen molar-refractivity contribution >= 4 is 11.8 Å². The van der Waals surface area contributed by atoms with Gasteiger partial charge in [0.05, 0.1) is 24.3 Å². The van der Waals surface area contributed by atoms with Crippen molar-refractivity contribution < 1.29 is 9.59 Å². The molecule has 8 nitrogen and oxygen atoms in total. The number of para-hydroxylation sites is 1. The van der Waals surface area contributed by atoms with E-state index in [4.69, 9.17) is 10.2 Å². The Bertz CT molecular complexity index is 1440. The molecular weight excluding hydrogens is 464 g/mol. The topological polar surface area (TPSA) is 76.3 Å². The molecule has 2 aromatic heterocycles. The normalized spacial score (nSPS) is 12.9. The average Bonchev–Trinajstić information content (AvgIpc) is 3.41. The van der Waals surface area contributed by atoms with Crippen molar-refractivity contribution in [2.24, 2.45) is 0 Å². The third-order valence-electron chi connectivity index (χ3n) is 7.04. The Labute approximate surface area is 217 Å². The van der Waals surface area contributed by atoms with Crippen molar-refractivity contribution in [3.05, 3.63) is 100 Å². The predicted octanol–water partition coefficient (Wildman–Crippen LogP) is 3.56. The molecule has 0 atom stereocenters. The van der Waals surface area contributed by atoms with Crippen LogP contribution in [-0.2, 0) is 30.7 Å². The van der Waals surface area contributed by atoms with Crippen LogP contribution in [0.2, 0.25) is 0 Å². The summed E-state index contributed by atoms with van der Waals surface area (Å²) < 4.78 is 3.83. The number of hydrogen-bond donors (Lipinski definition) is 0. The van der Waals surface area contributed by atoms with Crippen molar-refractivity contribution in [2.75, 3.05) is 20.6 Å². The second kappa shape index (κ2) is 10.0. The fourth-order valence-electron chi connectivity index (χ4n) is 4.99. The number of benzene rings is 2. The van der Waals surface area contributed by atoms with Gasteiger partial charge in [0, 0.05) is 56.1 Å². The van der Waals surface area contributed by atoms with Crippen LogP contribution in [0, 0.1) is 13.8 Å². The van der Waals surface area contributed by atoms with Crippen LogP contribution in [0.4, 0.5) is 0 Å². The fourth-order valence-corrected chi connectivity index (χ4v) is 4.99. The monoisotopic (exact) mass is 496 g/mol. The van der Waals surface area contributed by atoms with Crippen molar-refractivity contribution in [2.45, 2.75) is 39.8 Å². The average molecular weight is 497 g/mol. The van der Waals surface area contributed by atoms with Crippen LogP contribution in [0.5, 0.6) is 0 Å². The van der Waals surface area contributed by atoms with Crippen molar-refractivity contribution in [1.82, 2.24) is 29.4 Å². The molecule has 0 unspecified atom stereocenters. The molecule has 4 aromatic rings. The van der Waals surface area contributed by atoms with Crippen molar-refractivity contribution in [1.29, 1.82) is 0 Å². The van der Waals surface area contributed by atoms with Crippen molar-refractivity contribution in [3.63, 3.8) is 0 Å². The minimum atomic E-state index is -0.145. The molecule has 8 heteroatoms. The molecule has 0 N–H and O–H groups in total. The summed E-state index contributed by atoms with van der Waals surface area (Å²) >= 11 is 0. The third-order valence-corrected chi connectivity index (χ3v) is 7.04. The van der Waals surface area contributed by atoms with Gasteiger partial charge in [0.15, 0.2) is 5.69 Å². The molecule has 0 saturated carbocycles. The fraction of sp³-hybridized carbons (Fsp3) is 0.310. The van der Waals surface area contributed by atoms with Gasteiger partial charge in [-0.05, 0) is 31.5 Å². The van der Waals surface area contributed by atoms with Gasteiger partial charge < -0.3 is 9.80 Å². The highest BCUT2D eigenvalue weighted by Crippen LogP contribution is 2.26. The summed E-state index contributed by atoms with van der Waals surface area (Å²) in [5, 5.41) is 9.42. The lowest BCUT2D eigenvalue weighted by molar-refractivity contribution is -0.131. The van der Waals surface area contributed by atoms with Crippen LogP contribution in [0.25, 0.3) is 5.69 Å². The maximum Gasteiger partial charge on any atom is 0.274 e. The molecule has 190 valence electrons. The lowest BCUT2D eigenvalue weighted by Crippen LogP contribution is -2.38. The van der Waals surface area contributed by atoms with E-state index in [1.807, 2.05) is 76.6 Å². The quantitative estimate of drug-likeness (QED) is 0.409. The van der Waals surface area contributed by atoms with Gasteiger partial charge in [0.25, 0.3) is 5.91 Å². The molecule has 0 radical (unpaired) electrons. The van der Waals surface area contributed by atoms with Crippen LogP contribution in [0.15, 0.2) is 60.7 Å². The predicted molar refractivity (Wildman–Crippen MR) is 142 cm³/mol. The molecule has 2 amide bonds. The van der Waals surface area contributed by atoms with Crippen LogP contribution in [0.3, 0.4) is 0 Å². The number of rotatable bonds is 6. The number of amides is 2.